The molecule has 0 spiro atoms. The minimum absolute atomic E-state index is 0.0658. The molecule has 26 heavy (non-hydrogen) atoms. The van der Waals surface area contributed by atoms with Gasteiger partial charge in [-0.25, -0.2) is 9.37 Å². The second-order valence-electron chi connectivity index (χ2n) is 6.16. The van der Waals surface area contributed by atoms with Crippen molar-refractivity contribution in [3.05, 3.63) is 46.2 Å². The molecule has 1 aromatic heterocycles. The van der Waals surface area contributed by atoms with Gasteiger partial charge in [-0.3, -0.25) is 4.79 Å². The molecule has 0 aliphatic heterocycles. The SMILES string of the molecule is CC(C)[C@@H](NS(=O)(=O)N(C)C)c1nc(C(=O)Nc2ccc(F)cc2)cs1. The van der Waals surface area contributed by atoms with E-state index in [-0.39, 0.29) is 11.6 Å². The molecule has 1 aromatic carbocycles. The number of halogens is 1. The molecule has 0 saturated heterocycles. The minimum Gasteiger partial charge on any atom is -0.321 e. The third kappa shape index (κ3) is 5.07. The fourth-order valence-corrected chi connectivity index (χ4v) is 4.01. The predicted molar refractivity (Wildman–Crippen MR) is 99.8 cm³/mol. The summed E-state index contributed by atoms with van der Waals surface area (Å²) in [5, 5.41) is 4.68. The summed E-state index contributed by atoms with van der Waals surface area (Å²) in [4.78, 5) is 16.6. The van der Waals surface area contributed by atoms with Gasteiger partial charge < -0.3 is 5.32 Å². The lowest BCUT2D eigenvalue weighted by atomic mass is 10.1. The Bertz CT molecular complexity index is 864. The van der Waals surface area contributed by atoms with Gasteiger partial charge in [-0.2, -0.15) is 17.4 Å². The van der Waals surface area contributed by atoms with Crippen molar-refractivity contribution in [1.82, 2.24) is 14.0 Å². The molecule has 0 saturated carbocycles. The Morgan fingerprint density at radius 2 is 1.85 bits per heavy atom. The molecule has 142 valence electrons. The van der Waals surface area contributed by atoms with Crippen LogP contribution in [0.15, 0.2) is 29.6 Å². The summed E-state index contributed by atoms with van der Waals surface area (Å²) in [7, 11) is -0.773. The average Bonchev–Trinajstić information content (AvgIpc) is 3.04. The predicted octanol–water partition coefficient (Wildman–Crippen LogP) is 2.63. The number of rotatable bonds is 7. The first kappa shape index (κ1) is 20.4. The highest BCUT2D eigenvalue weighted by atomic mass is 32.2. The molecule has 1 atom stereocenters. The molecule has 1 amide bonds. The molecule has 0 bridgehead atoms. The zero-order valence-electron chi connectivity index (χ0n) is 14.9. The third-order valence-corrected chi connectivity index (χ3v) is 5.99. The highest BCUT2D eigenvalue weighted by Crippen LogP contribution is 2.26. The number of aromatic nitrogens is 1. The van der Waals surface area contributed by atoms with E-state index >= 15 is 0 Å². The van der Waals surface area contributed by atoms with Gasteiger partial charge in [-0.1, -0.05) is 13.8 Å². The smallest absolute Gasteiger partial charge is 0.279 e. The van der Waals surface area contributed by atoms with Crippen LogP contribution in [0.25, 0.3) is 0 Å². The Hall–Kier alpha value is -1.88. The van der Waals surface area contributed by atoms with Crippen molar-refractivity contribution in [1.29, 1.82) is 0 Å². The molecular formula is C16H21FN4O3S2. The van der Waals surface area contributed by atoms with E-state index in [0.29, 0.717) is 10.7 Å². The maximum Gasteiger partial charge on any atom is 0.279 e. The van der Waals surface area contributed by atoms with Crippen molar-refractivity contribution < 1.29 is 17.6 Å². The molecule has 7 nitrogen and oxygen atoms in total. The van der Waals surface area contributed by atoms with Gasteiger partial charge in [0.15, 0.2) is 0 Å². The first-order valence-electron chi connectivity index (χ1n) is 7.82. The molecule has 2 rings (SSSR count). The van der Waals surface area contributed by atoms with Crippen molar-refractivity contribution in [2.75, 3.05) is 19.4 Å². The Balaban J connectivity index is 2.17. The van der Waals surface area contributed by atoms with Crippen molar-refractivity contribution in [2.24, 2.45) is 5.92 Å². The standard InChI is InChI=1S/C16H21FN4O3S2/c1-10(2)14(20-26(23,24)21(3)4)16-19-13(9-25-16)15(22)18-12-7-5-11(17)6-8-12/h5-10,14,20H,1-4H3,(H,18,22)/t14-/m1/s1. The number of anilines is 1. The maximum atomic E-state index is 12.9. The Kier molecular flexibility index (Phi) is 6.45. The molecule has 0 aliphatic carbocycles. The molecule has 0 unspecified atom stereocenters. The van der Waals surface area contributed by atoms with E-state index in [4.69, 9.17) is 0 Å². The van der Waals surface area contributed by atoms with E-state index in [0.717, 1.165) is 4.31 Å². The number of carbonyl (C=O) groups is 1. The van der Waals surface area contributed by atoms with Crippen LogP contribution in [0.2, 0.25) is 0 Å². The summed E-state index contributed by atoms with van der Waals surface area (Å²) in [6.45, 7) is 3.73. The largest absolute Gasteiger partial charge is 0.321 e. The number of hydrogen-bond acceptors (Lipinski definition) is 5. The van der Waals surface area contributed by atoms with E-state index in [1.807, 2.05) is 13.8 Å². The maximum absolute atomic E-state index is 12.9. The second-order valence-corrected chi connectivity index (χ2v) is 8.96. The van der Waals surface area contributed by atoms with Gasteiger partial charge >= 0.3 is 0 Å². The van der Waals surface area contributed by atoms with Gasteiger partial charge in [-0.05, 0) is 30.2 Å². The first-order chi connectivity index (χ1) is 12.1. The van der Waals surface area contributed by atoms with Gasteiger partial charge in [0, 0.05) is 25.2 Å². The second kappa shape index (κ2) is 8.21. The third-order valence-electron chi connectivity index (χ3n) is 3.55. The summed E-state index contributed by atoms with van der Waals surface area (Å²) in [5.41, 5.74) is 0.615. The van der Waals surface area contributed by atoms with Gasteiger partial charge in [-0.15, -0.1) is 11.3 Å². The van der Waals surface area contributed by atoms with Crippen LogP contribution in [0.4, 0.5) is 10.1 Å². The Labute approximate surface area is 156 Å². The van der Waals surface area contributed by atoms with Crippen LogP contribution in [0.1, 0.15) is 35.4 Å². The molecule has 10 heteroatoms. The molecule has 0 aliphatic rings. The van der Waals surface area contributed by atoms with Gasteiger partial charge in [0.1, 0.15) is 16.5 Å². The number of thiazole rings is 1. The fraction of sp³-hybridized carbons (Fsp3) is 0.375. The number of nitrogens with zero attached hydrogens (tertiary/aromatic N) is 2. The average molecular weight is 401 g/mol. The van der Waals surface area contributed by atoms with E-state index in [2.05, 4.69) is 15.0 Å². The Morgan fingerprint density at radius 3 is 2.38 bits per heavy atom. The van der Waals surface area contributed by atoms with Crippen LogP contribution in [0.5, 0.6) is 0 Å². The summed E-state index contributed by atoms with van der Waals surface area (Å²) in [6.07, 6.45) is 0. The van der Waals surface area contributed by atoms with Crippen molar-refractivity contribution in [3.8, 4) is 0 Å². The number of nitrogens with one attached hydrogen (secondary N) is 2. The summed E-state index contributed by atoms with van der Waals surface area (Å²) in [6, 6.07) is 4.82. The molecule has 2 N–H and O–H groups in total. The summed E-state index contributed by atoms with van der Waals surface area (Å²) in [5.74, 6) is -0.909. The lowest BCUT2D eigenvalue weighted by Crippen LogP contribution is -2.39. The number of hydrogen-bond donors (Lipinski definition) is 2. The number of benzene rings is 1. The Morgan fingerprint density at radius 1 is 1.23 bits per heavy atom. The van der Waals surface area contributed by atoms with E-state index < -0.39 is 28.0 Å². The van der Waals surface area contributed by atoms with E-state index in [1.54, 1.807) is 5.38 Å². The van der Waals surface area contributed by atoms with E-state index in [9.17, 15) is 17.6 Å². The van der Waals surface area contributed by atoms with Crippen LogP contribution in [0.3, 0.4) is 0 Å². The van der Waals surface area contributed by atoms with Gasteiger partial charge in [0.2, 0.25) is 0 Å². The van der Waals surface area contributed by atoms with Crippen molar-refractivity contribution in [3.63, 3.8) is 0 Å². The minimum atomic E-state index is -3.64. The summed E-state index contributed by atoms with van der Waals surface area (Å²) >= 11 is 1.20. The van der Waals surface area contributed by atoms with Crippen LogP contribution < -0.4 is 10.0 Å². The van der Waals surface area contributed by atoms with Gasteiger partial charge in [0.25, 0.3) is 16.1 Å². The molecule has 1 heterocycles. The van der Waals surface area contributed by atoms with Crippen LogP contribution in [-0.2, 0) is 10.2 Å². The van der Waals surface area contributed by atoms with Crippen LogP contribution >= 0.6 is 11.3 Å². The summed E-state index contributed by atoms with van der Waals surface area (Å²) < 4.78 is 40.8. The normalized spacial score (nSPS) is 13.2. The quantitative estimate of drug-likeness (QED) is 0.747. The molecule has 0 radical (unpaired) electrons. The molecular weight excluding hydrogens is 379 g/mol. The van der Waals surface area contributed by atoms with Crippen LogP contribution in [-0.4, -0.2) is 37.7 Å². The fourth-order valence-electron chi connectivity index (χ4n) is 2.00. The zero-order chi connectivity index (χ0) is 19.5. The molecule has 2 aromatic rings. The number of amides is 1. The van der Waals surface area contributed by atoms with Crippen LogP contribution in [0, 0.1) is 11.7 Å². The lowest BCUT2D eigenvalue weighted by molar-refractivity contribution is 0.102. The van der Waals surface area contributed by atoms with E-state index in [1.165, 1.54) is 49.7 Å². The highest BCUT2D eigenvalue weighted by Gasteiger charge is 2.27. The van der Waals surface area contributed by atoms with Crippen molar-refractivity contribution in [2.45, 2.75) is 19.9 Å². The molecule has 0 fully saturated rings. The zero-order valence-corrected chi connectivity index (χ0v) is 16.5. The van der Waals surface area contributed by atoms with Gasteiger partial charge in [0.05, 0.1) is 6.04 Å². The number of carbonyl (C=O) groups excluding carboxylic acids is 1. The lowest BCUT2D eigenvalue weighted by Gasteiger charge is -2.22. The monoisotopic (exact) mass is 400 g/mol. The topological polar surface area (TPSA) is 91.4 Å². The van der Waals surface area contributed by atoms with Crippen molar-refractivity contribution >= 4 is 33.1 Å². The first-order valence-corrected chi connectivity index (χ1v) is 10.1. The highest BCUT2D eigenvalue weighted by molar-refractivity contribution is 7.87.